The van der Waals surface area contributed by atoms with E-state index in [4.69, 9.17) is 16.3 Å². The lowest BCUT2D eigenvalue weighted by Gasteiger charge is -2.29. The Balaban J connectivity index is 1.28. The molecule has 2 aromatic carbocycles. The average Bonchev–Trinajstić information content (AvgIpc) is 2.94. The van der Waals surface area contributed by atoms with Crippen molar-refractivity contribution >= 4 is 40.2 Å². The molecule has 1 aliphatic heterocycles. The number of alkyl halides is 1. The second kappa shape index (κ2) is 14.9. The number of halogens is 3. The first kappa shape index (κ1) is 29.6. The molecule has 8 nitrogen and oxygen atoms in total. The quantitative estimate of drug-likeness (QED) is 0.280. The summed E-state index contributed by atoms with van der Waals surface area (Å²) in [7, 11) is 0. The topological polar surface area (TPSA) is 95.6 Å². The number of hydrogen-bond donors (Lipinski definition) is 3. The van der Waals surface area contributed by atoms with Crippen LogP contribution in [0.25, 0.3) is 10.8 Å². The van der Waals surface area contributed by atoms with E-state index in [1.165, 1.54) is 6.07 Å². The van der Waals surface area contributed by atoms with Gasteiger partial charge in [-0.05, 0) is 61.9 Å². The number of carbonyl (C=O) groups is 2. The molecule has 214 valence electrons. The number of aromatic nitrogens is 1. The zero-order valence-corrected chi connectivity index (χ0v) is 22.9. The van der Waals surface area contributed by atoms with Gasteiger partial charge in [0.2, 0.25) is 5.91 Å². The highest BCUT2D eigenvalue weighted by molar-refractivity contribution is 6.31. The Morgan fingerprint density at radius 3 is 2.83 bits per heavy atom. The van der Waals surface area contributed by atoms with Gasteiger partial charge in [-0.25, -0.2) is 18.6 Å². The van der Waals surface area contributed by atoms with E-state index in [1.54, 1.807) is 24.4 Å². The van der Waals surface area contributed by atoms with Gasteiger partial charge in [0.15, 0.2) is 0 Å². The van der Waals surface area contributed by atoms with Crippen molar-refractivity contribution in [2.24, 2.45) is 0 Å². The molecule has 0 saturated carbocycles. The van der Waals surface area contributed by atoms with E-state index in [2.05, 4.69) is 25.8 Å². The Hall–Kier alpha value is -3.34. The Bertz CT molecular complexity index is 1300. The summed E-state index contributed by atoms with van der Waals surface area (Å²) in [4.78, 5) is 31.5. The van der Waals surface area contributed by atoms with Crippen molar-refractivity contribution in [1.29, 1.82) is 0 Å². The van der Waals surface area contributed by atoms with Crippen LogP contribution in [0.2, 0.25) is 5.02 Å². The summed E-state index contributed by atoms with van der Waals surface area (Å²) in [5.74, 6) is -0.470. The van der Waals surface area contributed by atoms with Crippen LogP contribution in [0, 0.1) is 5.82 Å². The Morgan fingerprint density at radius 2 is 2.00 bits per heavy atom. The molecule has 40 heavy (non-hydrogen) atoms. The second-order valence-electron chi connectivity index (χ2n) is 9.90. The third kappa shape index (κ3) is 9.11. The van der Waals surface area contributed by atoms with E-state index in [9.17, 15) is 18.4 Å². The van der Waals surface area contributed by atoms with Crippen molar-refractivity contribution in [2.75, 3.05) is 38.1 Å². The number of nitrogens with one attached hydrogen (secondary N) is 3. The zero-order valence-electron chi connectivity index (χ0n) is 22.2. The number of benzene rings is 2. The lowest BCUT2D eigenvalue weighted by molar-refractivity contribution is -0.121. The van der Waals surface area contributed by atoms with Gasteiger partial charge in [-0.3, -0.25) is 10.1 Å². The molecular formula is C29H34ClF2N5O3. The molecular weight excluding hydrogens is 540 g/mol. The number of piperidine rings is 1. The number of carbonyl (C=O) groups excluding carboxylic acids is 2. The second-order valence-corrected chi connectivity index (χ2v) is 10.3. The van der Waals surface area contributed by atoms with Crippen LogP contribution in [0.4, 0.5) is 19.4 Å². The molecule has 2 amide bonds. The number of anilines is 1. The number of rotatable bonds is 12. The van der Waals surface area contributed by atoms with Gasteiger partial charge in [0.1, 0.15) is 24.4 Å². The molecule has 2 atom stereocenters. The summed E-state index contributed by atoms with van der Waals surface area (Å²) in [6.45, 7) is 2.09. The van der Waals surface area contributed by atoms with Gasteiger partial charge in [-0.1, -0.05) is 48.0 Å². The third-order valence-corrected chi connectivity index (χ3v) is 7.17. The number of ether oxygens (including phenoxy) is 1. The summed E-state index contributed by atoms with van der Waals surface area (Å²) in [6, 6.07) is 13.5. The standard InChI is InChI=1S/C29H34ClF2N5O3/c30-28-22(8-3-11-25(28)32)15-33-17-27(38)35-24(10-5-13-37-12-4-9-23(31)18-37)19-40-29(39)36-26-14-20-6-1-2-7-21(20)16-34-26/h1-3,6-8,11,14,16,23-24,33H,4-5,9-10,12-13,15,17-19H2,(H,35,38)(H,34,36,39)/t23?,24-/m0/s1. The molecule has 1 aromatic heterocycles. The highest BCUT2D eigenvalue weighted by atomic mass is 35.5. The Morgan fingerprint density at radius 1 is 1.18 bits per heavy atom. The van der Waals surface area contributed by atoms with Gasteiger partial charge in [0.05, 0.1) is 17.6 Å². The van der Waals surface area contributed by atoms with E-state index in [0.29, 0.717) is 43.7 Å². The fraction of sp³-hybridized carbons (Fsp3) is 0.414. The molecule has 1 aliphatic rings. The SMILES string of the molecule is O=C(CNCc1cccc(F)c1Cl)N[C@@H](CCCN1CCCC(F)C1)COC(=O)Nc1cc2ccccc2cn1. The van der Waals surface area contributed by atoms with E-state index in [0.717, 1.165) is 23.7 Å². The van der Waals surface area contributed by atoms with Gasteiger partial charge >= 0.3 is 6.09 Å². The molecule has 0 aliphatic carbocycles. The first-order valence-electron chi connectivity index (χ1n) is 13.5. The maximum absolute atomic E-state index is 13.8. The van der Waals surface area contributed by atoms with E-state index >= 15 is 0 Å². The smallest absolute Gasteiger partial charge is 0.412 e. The molecule has 2 heterocycles. The normalized spacial score (nSPS) is 16.4. The van der Waals surface area contributed by atoms with Crippen molar-refractivity contribution in [1.82, 2.24) is 20.5 Å². The monoisotopic (exact) mass is 573 g/mol. The summed E-state index contributed by atoms with van der Waals surface area (Å²) < 4.78 is 32.8. The number of pyridine rings is 1. The van der Waals surface area contributed by atoms with Crippen molar-refractivity contribution in [2.45, 2.75) is 44.4 Å². The van der Waals surface area contributed by atoms with Crippen LogP contribution in [0.1, 0.15) is 31.2 Å². The summed E-state index contributed by atoms with van der Waals surface area (Å²) in [5.41, 5.74) is 0.543. The number of fused-ring (bicyclic) bond motifs is 1. The van der Waals surface area contributed by atoms with Gasteiger partial charge in [0.25, 0.3) is 0 Å². The lowest BCUT2D eigenvalue weighted by atomic mass is 10.1. The van der Waals surface area contributed by atoms with Crippen LogP contribution in [0.3, 0.4) is 0 Å². The molecule has 1 fully saturated rings. The summed E-state index contributed by atoms with van der Waals surface area (Å²) >= 11 is 5.98. The molecule has 0 spiro atoms. The van der Waals surface area contributed by atoms with E-state index < -0.39 is 24.1 Å². The lowest BCUT2D eigenvalue weighted by Crippen LogP contribution is -2.44. The molecule has 0 radical (unpaired) electrons. The van der Waals surface area contributed by atoms with Gasteiger partial charge in [0, 0.05) is 24.7 Å². The van der Waals surface area contributed by atoms with E-state index in [-0.39, 0.29) is 30.6 Å². The summed E-state index contributed by atoms with van der Waals surface area (Å²) in [5, 5.41) is 10.4. The van der Waals surface area contributed by atoms with E-state index in [1.807, 2.05) is 24.3 Å². The number of hydrogen-bond acceptors (Lipinski definition) is 6. The molecule has 0 bridgehead atoms. The van der Waals surface area contributed by atoms with Crippen molar-refractivity contribution in [3.05, 3.63) is 71.1 Å². The molecule has 1 unspecified atom stereocenters. The number of amides is 2. The largest absolute Gasteiger partial charge is 0.447 e. The minimum Gasteiger partial charge on any atom is -0.447 e. The maximum atomic E-state index is 13.8. The minimum atomic E-state index is -0.808. The molecule has 11 heteroatoms. The van der Waals surface area contributed by atoms with Crippen LogP contribution < -0.4 is 16.0 Å². The molecule has 1 saturated heterocycles. The van der Waals surface area contributed by atoms with Crippen LogP contribution in [0.5, 0.6) is 0 Å². The van der Waals surface area contributed by atoms with Crippen molar-refractivity contribution < 1.29 is 23.1 Å². The van der Waals surface area contributed by atoms with Crippen LogP contribution in [-0.2, 0) is 16.1 Å². The Labute approximate surface area is 237 Å². The molecule has 3 aromatic rings. The van der Waals surface area contributed by atoms with Crippen molar-refractivity contribution in [3.8, 4) is 0 Å². The first-order chi connectivity index (χ1) is 19.4. The predicted molar refractivity (Wildman–Crippen MR) is 152 cm³/mol. The fourth-order valence-electron chi connectivity index (χ4n) is 4.70. The van der Waals surface area contributed by atoms with Gasteiger partial charge in [-0.15, -0.1) is 0 Å². The van der Waals surface area contributed by atoms with Gasteiger partial charge in [-0.2, -0.15) is 0 Å². The third-order valence-electron chi connectivity index (χ3n) is 6.75. The van der Waals surface area contributed by atoms with Crippen LogP contribution in [-0.4, -0.2) is 66.9 Å². The number of likely N-dealkylation sites (tertiary alicyclic amines) is 1. The highest BCUT2D eigenvalue weighted by Gasteiger charge is 2.20. The predicted octanol–water partition coefficient (Wildman–Crippen LogP) is 5.06. The maximum Gasteiger partial charge on any atom is 0.412 e. The Kier molecular flexibility index (Phi) is 11.0. The molecule has 3 N–H and O–H groups in total. The molecule has 4 rings (SSSR count). The number of nitrogens with zero attached hydrogens (tertiary/aromatic N) is 2. The van der Waals surface area contributed by atoms with Crippen molar-refractivity contribution in [3.63, 3.8) is 0 Å². The minimum absolute atomic E-state index is 0.0156. The average molecular weight is 574 g/mol. The van der Waals surface area contributed by atoms with Crippen LogP contribution >= 0.6 is 11.6 Å². The zero-order chi connectivity index (χ0) is 28.3. The summed E-state index contributed by atoms with van der Waals surface area (Å²) in [6.07, 6.45) is 2.83. The first-order valence-corrected chi connectivity index (χ1v) is 13.8. The fourth-order valence-corrected chi connectivity index (χ4v) is 4.90. The highest BCUT2D eigenvalue weighted by Crippen LogP contribution is 2.19. The van der Waals surface area contributed by atoms with Crippen LogP contribution in [0.15, 0.2) is 54.7 Å². The van der Waals surface area contributed by atoms with Gasteiger partial charge < -0.3 is 20.3 Å².